The van der Waals surface area contributed by atoms with Gasteiger partial charge < -0.3 is 5.32 Å². The molecule has 0 unspecified atom stereocenters. The molecule has 30 heavy (non-hydrogen) atoms. The van der Waals surface area contributed by atoms with Gasteiger partial charge >= 0.3 is 0 Å². The number of benzene rings is 2. The quantitative estimate of drug-likeness (QED) is 0.462. The van der Waals surface area contributed by atoms with E-state index in [1.165, 1.54) is 4.68 Å². The van der Waals surface area contributed by atoms with Crippen molar-refractivity contribution in [3.63, 3.8) is 0 Å². The average molecular weight is 419 g/mol. The fourth-order valence-corrected chi connectivity index (χ4v) is 4.12. The van der Waals surface area contributed by atoms with E-state index in [0.29, 0.717) is 23.0 Å². The first-order valence-corrected chi connectivity index (χ1v) is 10.8. The van der Waals surface area contributed by atoms with E-state index in [-0.39, 0.29) is 17.2 Å². The Morgan fingerprint density at radius 3 is 2.50 bits per heavy atom. The molecule has 1 amide bonds. The minimum atomic E-state index is -0.277. The molecule has 0 fully saturated rings. The zero-order valence-corrected chi connectivity index (χ0v) is 17.5. The SMILES string of the molecule is Cc1csc(CCCCNC(=O)c2nn(-c3ccccc3)c(=O)c3ccccc23)n1. The average Bonchev–Trinajstić information content (AvgIpc) is 3.19. The van der Waals surface area contributed by atoms with Crippen LogP contribution in [0.15, 0.2) is 64.8 Å². The summed E-state index contributed by atoms with van der Waals surface area (Å²) in [4.78, 5) is 30.3. The van der Waals surface area contributed by atoms with E-state index < -0.39 is 0 Å². The highest BCUT2D eigenvalue weighted by Gasteiger charge is 2.17. The van der Waals surface area contributed by atoms with Gasteiger partial charge in [0, 0.05) is 23.0 Å². The summed E-state index contributed by atoms with van der Waals surface area (Å²) in [5.74, 6) is -0.277. The van der Waals surface area contributed by atoms with Crippen LogP contribution < -0.4 is 10.9 Å². The standard InChI is InChI=1S/C23H22N4O2S/c1-16-15-30-20(25-16)13-7-8-14-24-22(28)21-18-11-5-6-12-19(18)23(29)27(26-21)17-9-3-2-4-10-17/h2-6,9-12,15H,7-8,13-14H2,1H3,(H,24,28). The zero-order chi connectivity index (χ0) is 20.9. The van der Waals surface area contributed by atoms with Gasteiger partial charge in [-0.1, -0.05) is 36.4 Å². The van der Waals surface area contributed by atoms with E-state index in [0.717, 1.165) is 30.0 Å². The summed E-state index contributed by atoms with van der Waals surface area (Å²) in [5.41, 5.74) is 1.69. The summed E-state index contributed by atoms with van der Waals surface area (Å²) in [6.07, 6.45) is 2.71. The van der Waals surface area contributed by atoms with Crippen LogP contribution in [0.2, 0.25) is 0 Å². The molecule has 0 spiro atoms. The van der Waals surface area contributed by atoms with Crippen LogP contribution in [0.5, 0.6) is 0 Å². The number of carbonyl (C=O) groups is 1. The van der Waals surface area contributed by atoms with Crippen molar-refractivity contribution in [2.45, 2.75) is 26.2 Å². The second-order valence-electron chi connectivity index (χ2n) is 7.04. The Bertz CT molecular complexity index is 1230. The molecular formula is C23H22N4O2S. The maximum atomic E-state index is 12.9. The third-order valence-corrected chi connectivity index (χ3v) is 5.82. The summed E-state index contributed by atoms with van der Waals surface area (Å²) in [5, 5.41) is 11.6. The van der Waals surface area contributed by atoms with Gasteiger partial charge in [0.2, 0.25) is 0 Å². The lowest BCUT2D eigenvalue weighted by molar-refractivity contribution is 0.0948. The normalized spacial score (nSPS) is 11.0. The van der Waals surface area contributed by atoms with Crippen LogP contribution in [0.3, 0.4) is 0 Å². The summed E-state index contributed by atoms with van der Waals surface area (Å²) >= 11 is 1.67. The molecule has 7 heteroatoms. The summed E-state index contributed by atoms with van der Waals surface area (Å²) in [6.45, 7) is 2.54. The predicted molar refractivity (Wildman–Crippen MR) is 119 cm³/mol. The van der Waals surface area contributed by atoms with Gasteiger partial charge in [-0.3, -0.25) is 9.59 Å². The molecule has 0 aliphatic rings. The van der Waals surface area contributed by atoms with E-state index in [9.17, 15) is 9.59 Å². The molecule has 4 aromatic rings. The lowest BCUT2D eigenvalue weighted by Crippen LogP contribution is -2.30. The highest BCUT2D eigenvalue weighted by Crippen LogP contribution is 2.15. The summed E-state index contributed by atoms with van der Waals surface area (Å²) in [7, 11) is 0. The molecule has 2 aromatic carbocycles. The van der Waals surface area contributed by atoms with Gasteiger partial charge in [0.25, 0.3) is 11.5 Å². The molecule has 152 valence electrons. The van der Waals surface area contributed by atoms with E-state index in [2.05, 4.69) is 20.8 Å². The molecule has 0 radical (unpaired) electrons. The number of thiazole rings is 1. The van der Waals surface area contributed by atoms with Crippen molar-refractivity contribution in [3.8, 4) is 5.69 Å². The van der Waals surface area contributed by atoms with Gasteiger partial charge in [0.15, 0.2) is 5.69 Å². The molecule has 0 saturated heterocycles. The third-order valence-electron chi connectivity index (χ3n) is 4.79. The van der Waals surface area contributed by atoms with Gasteiger partial charge in [-0.05, 0) is 44.4 Å². The number of aryl methyl sites for hydroxylation is 2. The lowest BCUT2D eigenvalue weighted by Gasteiger charge is -2.11. The van der Waals surface area contributed by atoms with Crippen LogP contribution in [0.4, 0.5) is 0 Å². The lowest BCUT2D eigenvalue weighted by atomic mass is 10.1. The van der Waals surface area contributed by atoms with Crippen LogP contribution in [-0.2, 0) is 6.42 Å². The van der Waals surface area contributed by atoms with Crippen LogP contribution in [0.1, 0.15) is 34.0 Å². The fourth-order valence-electron chi connectivity index (χ4n) is 3.31. The number of aromatic nitrogens is 3. The molecule has 0 bridgehead atoms. The van der Waals surface area contributed by atoms with Gasteiger partial charge in [-0.25, -0.2) is 4.98 Å². The molecule has 2 heterocycles. The van der Waals surface area contributed by atoms with Crippen molar-refractivity contribution in [1.82, 2.24) is 20.1 Å². The van der Waals surface area contributed by atoms with Crippen molar-refractivity contribution in [2.24, 2.45) is 0 Å². The molecule has 6 nitrogen and oxygen atoms in total. The van der Waals surface area contributed by atoms with E-state index in [1.54, 1.807) is 41.7 Å². The van der Waals surface area contributed by atoms with Crippen molar-refractivity contribution in [2.75, 3.05) is 6.54 Å². The van der Waals surface area contributed by atoms with E-state index in [4.69, 9.17) is 0 Å². The minimum Gasteiger partial charge on any atom is -0.351 e. The van der Waals surface area contributed by atoms with Crippen molar-refractivity contribution in [3.05, 3.63) is 86.7 Å². The molecule has 4 rings (SSSR count). The number of para-hydroxylation sites is 1. The van der Waals surface area contributed by atoms with Gasteiger partial charge in [0.05, 0.1) is 16.1 Å². The Morgan fingerprint density at radius 1 is 1.03 bits per heavy atom. The zero-order valence-electron chi connectivity index (χ0n) is 16.7. The first kappa shape index (κ1) is 20.0. The number of fused-ring (bicyclic) bond motifs is 1. The first-order valence-electron chi connectivity index (χ1n) is 9.90. The number of unbranched alkanes of at least 4 members (excludes halogenated alkanes) is 1. The largest absolute Gasteiger partial charge is 0.351 e. The molecule has 1 N–H and O–H groups in total. The number of amides is 1. The molecule has 0 aliphatic carbocycles. The van der Waals surface area contributed by atoms with Gasteiger partial charge in [0.1, 0.15) is 0 Å². The molecule has 0 atom stereocenters. The first-order chi connectivity index (χ1) is 14.6. The Kier molecular flexibility index (Phi) is 5.99. The molecule has 0 aliphatic heterocycles. The molecule has 2 aromatic heterocycles. The summed E-state index contributed by atoms with van der Waals surface area (Å²) < 4.78 is 1.29. The fraction of sp³-hybridized carbons (Fsp3) is 0.217. The van der Waals surface area contributed by atoms with Crippen LogP contribution >= 0.6 is 11.3 Å². The maximum absolute atomic E-state index is 12.9. The van der Waals surface area contributed by atoms with Crippen LogP contribution in [0, 0.1) is 6.92 Å². The van der Waals surface area contributed by atoms with Gasteiger partial charge in [-0.2, -0.15) is 9.78 Å². The number of hydrogen-bond acceptors (Lipinski definition) is 5. The number of rotatable bonds is 7. The topological polar surface area (TPSA) is 76.9 Å². The van der Waals surface area contributed by atoms with Crippen LogP contribution in [-0.4, -0.2) is 27.2 Å². The van der Waals surface area contributed by atoms with E-state index >= 15 is 0 Å². The van der Waals surface area contributed by atoms with Crippen molar-refractivity contribution < 1.29 is 4.79 Å². The monoisotopic (exact) mass is 418 g/mol. The Hall–Kier alpha value is -3.32. The minimum absolute atomic E-state index is 0.243. The number of carbonyl (C=O) groups excluding carboxylic acids is 1. The van der Waals surface area contributed by atoms with Gasteiger partial charge in [-0.15, -0.1) is 11.3 Å². The Labute approximate surface area is 178 Å². The summed E-state index contributed by atoms with van der Waals surface area (Å²) in [6, 6.07) is 16.2. The number of nitrogens with one attached hydrogen (secondary N) is 1. The number of hydrogen-bond donors (Lipinski definition) is 1. The molecular weight excluding hydrogens is 396 g/mol. The molecule has 0 saturated carbocycles. The van der Waals surface area contributed by atoms with Crippen molar-refractivity contribution >= 4 is 28.0 Å². The van der Waals surface area contributed by atoms with Crippen LogP contribution in [0.25, 0.3) is 16.5 Å². The maximum Gasteiger partial charge on any atom is 0.279 e. The highest BCUT2D eigenvalue weighted by atomic mass is 32.1. The van der Waals surface area contributed by atoms with E-state index in [1.807, 2.05) is 31.2 Å². The Balaban J connectivity index is 1.51. The second kappa shape index (κ2) is 9.00. The number of nitrogens with zero attached hydrogens (tertiary/aromatic N) is 3. The smallest absolute Gasteiger partial charge is 0.279 e. The predicted octanol–water partition coefficient (Wildman–Crippen LogP) is 3.90. The highest BCUT2D eigenvalue weighted by molar-refractivity contribution is 7.09. The van der Waals surface area contributed by atoms with Crippen molar-refractivity contribution in [1.29, 1.82) is 0 Å². The second-order valence-corrected chi connectivity index (χ2v) is 7.98. The third kappa shape index (κ3) is 4.31. The Morgan fingerprint density at radius 2 is 1.77 bits per heavy atom.